The molecule has 0 saturated heterocycles. The van der Waals surface area contributed by atoms with E-state index in [-0.39, 0.29) is 5.56 Å². The van der Waals surface area contributed by atoms with Gasteiger partial charge in [0.15, 0.2) is 0 Å². The molecule has 1 aromatic rings. The summed E-state index contributed by atoms with van der Waals surface area (Å²) in [5, 5.41) is 13.8. The summed E-state index contributed by atoms with van der Waals surface area (Å²) in [6.45, 7) is 6.49. The van der Waals surface area contributed by atoms with E-state index in [2.05, 4.69) is 19.2 Å². The molecule has 1 aliphatic rings. The SMILES string of the molecule is CC1(C)CCC(O)(CNCCn2ccccc2=O)CC1. The third-order valence-corrected chi connectivity index (χ3v) is 4.42. The van der Waals surface area contributed by atoms with Gasteiger partial charge in [0.1, 0.15) is 0 Å². The van der Waals surface area contributed by atoms with E-state index in [1.807, 2.05) is 6.07 Å². The minimum atomic E-state index is -0.572. The summed E-state index contributed by atoms with van der Waals surface area (Å²) in [5.74, 6) is 0. The molecule has 112 valence electrons. The predicted octanol–water partition coefficient (Wildman–Crippen LogP) is 1.77. The zero-order valence-electron chi connectivity index (χ0n) is 12.6. The van der Waals surface area contributed by atoms with Crippen molar-refractivity contribution in [1.82, 2.24) is 9.88 Å². The van der Waals surface area contributed by atoms with Crippen LogP contribution in [0.1, 0.15) is 39.5 Å². The van der Waals surface area contributed by atoms with Gasteiger partial charge in [0, 0.05) is 31.9 Å². The zero-order chi connectivity index (χ0) is 14.6. The number of aromatic nitrogens is 1. The van der Waals surface area contributed by atoms with E-state index in [9.17, 15) is 9.90 Å². The Morgan fingerprint density at radius 2 is 1.95 bits per heavy atom. The van der Waals surface area contributed by atoms with Gasteiger partial charge in [0.05, 0.1) is 5.60 Å². The lowest BCUT2D eigenvalue weighted by Crippen LogP contribution is -2.45. The number of pyridine rings is 1. The fourth-order valence-electron chi connectivity index (χ4n) is 2.73. The van der Waals surface area contributed by atoms with Crippen molar-refractivity contribution in [3.63, 3.8) is 0 Å². The minimum absolute atomic E-state index is 0.0208. The minimum Gasteiger partial charge on any atom is -0.389 e. The second-order valence-electron chi connectivity index (χ2n) is 6.80. The van der Waals surface area contributed by atoms with Crippen LogP contribution in [0.5, 0.6) is 0 Å². The molecule has 20 heavy (non-hydrogen) atoms. The van der Waals surface area contributed by atoms with Crippen LogP contribution in [-0.2, 0) is 6.54 Å². The quantitative estimate of drug-likeness (QED) is 0.807. The van der Waals surface area contributed by atoms with Crippen molar-refractivity contribution in [3.05, 3.63) is 34.7 Å². The van der Waals surface area contributed by atoms with Gasteiger partial charge in [0.25, 0.3) is 5.56 Å². The molecule has 4 heteroatoms. The Bertz CT molecular complexity index is 483. The second-order valence-corrected chi connectivity index (χ2v) is 6.80. The van der Waals surface area contributed by atoms with Crippen molar-refractivity contribution in [2.45, 2.75) is 51.7 Å². The van der Waals surface area contributed by atoms with Gasteiger partial charge in [-0.2, -0.15) is 0 Å². The van der Waals surface area contributed by atoms with Gasteiger partial charge in [-0.25, -0.2) is 0 Å². The summed E-state index contributed by atoms with van der Waals surface area (Å²) in [5.41, 5.74) is -0.187. The summed E-state index contributed by atoms with van der Waals surface area (Å²) >= 11 is 0. The van der Waals surface area contributed by atoms with Crippen molar-refractivity contribution in [1.29, 1.82) is 0 Å². The van der Waals surface area contributed by atoms with Gasteiger partial charge in [-0.15, -0.1) is 0 Å². The molecule has 2 N–H and O–H groups in total. The second kappa shape index (κ2) is 6.10. The van der Waals surface area contributed by atoms with Gasteiger partial charge in [-0.05, 0) is 37.2 Å². The van der Waals surface area contributed by atoms with E-state index in [0.29, 0.717) is 25.0 Å². The van der Waals surface area contributed by atoms with Crippen LogP contribution in [0, 0.1) is 5.41 Å². The molecule has 0 aliphatic heterocycles. The van der Waals surface area contributed by atoms with Crippen molar-refractivity contribution >= 4 is 0 Å². The molecule has 4 nitrogen and oxygen atoms in total. The van der Waals surface area contributed by atoms with E-state index in [1.165, 1.54) is 0 Å². The van der Waals surface area contributed by atoms with Crippen molar-refractivity contribution in [2.24, 2.45) is 5.41 Å². The molecule has 0 unspecified atom stereocenters. The highest BCUT2D eigenvalue weighted by molar-refractivity contribution is 4.93. The molecule has 0 atom stereocenters. The third-order valence-electron chi connectivity index (χ3n) is 4.42. The number of nitrogens with zero attached hydrogens (tertiary/aromatic N) is 1. The first-order valence-corrected chi connectivity index (χ1v) is 7.49. The van der Waals surface area contributed by atoms with Crippen LogP contribution >= 0.6 is 0 Å². The van der Waals surface area contributed by atoms with Crippen molar-refractivity contribution in [3.8, 4) is 0 Å². The number of nitrogens with one attached hydrogen (secondary N) is 1. The zero-order valence-corrected chi connectivity index (χ0v) is 12.6. The fraction of sp³-hybridized carbons (Fsp3) is 0.688. The first kappa shape index (κ1) is 15.3. The number of hydrogen-bond acceptors (Lipinski definition) is 3. The number of rotatable bonds is 5. The average Bonchev–Trinajstić information content (AvgIpc) is 2.41. The average molecular weight is 278 g/mol. The van der Waals surface area contributed by atoms with Crippen LogP contribution in [0.15, 0.2) is 29.2 Å². The monoisotopic (exact) mass is 278 g/mol. The number of aliphatic hydroxyl groups is 1. The van der Waals surface area contributed by atoms with Crippen molar-refractivity contribution < 1.29 is 5.11 Å². The topological polar surface area (TPSA) is 54.3 Å². The Kier molecular flexibility index (Phi) is 4.66. The van der Waals surface area contributed by atoms with E-state index < -0.39 is 5.60 Å². The van der Waals surface area contributed by atoms with Gasteiger partial charge in [-0.3, -0.25) is 4.79 Å². The molecule has 1 saturated carbocycles. The molecule has 1 fully saturated rings. The van der Waals surface area contributed by atoms with Crippen LogP contribution in [0.4, 0.5) is 0 Å². The van der Waals surface area contributed by atoms with Crippen LogP contribution < -0.4 is 10.9 Å². The molecule has 0 amide bonds. The van der Waals surface area contributed by atoms with Crippen LogP contribution in [-0.4, -0.2) is 28.4 Å². The van der Waals surface area contributed by atoms with Crippen LogP contribution in [0.2, 0.25) is 0 Å². The Labute approximate surface area is 120 Å². The molecule has 0 spiro atoms. The lowest BCUT2D eigenvalue weighted by Gasteiger charge is -2.40. The smallest absolute Gasteiger partial charge is 0.250 e. The molecule has 0 aromatic carbocycles. The maximum absolute atomic E-state index is 11.5. The van der Waals surface area contributed by atoms with E-state index in [1.54, 1.807) is 22.9 Å². The maximum Gasteiger partial charge on any atom is 0.250 e. The molecule has 1 aliphatic carbocycles. The van der Waals surface area contributed by atoms with Crippen LogP contribution in [0.3, 0.4) is 0 Å². The predicted molar refractivity (Wildman–Crippen MR) is 80.8 cm³/mol. The largest absolute Gasteiger partial charge is 0.389 e. The Hall–Kier alpha value is -1.13. The highest BCUT2D eigenvalue weighted by Gasteiger charge is 2.36. The lowest BCUT2D eigenvalue weighted by molar-refractivity contribution is -0.0242. The molecule has 1 heterocycles. The Morgan fingerprint density at radius 3 is 2.60 bits per heavy atom. The lowest BCUT2D eigenvalue weighted by atomic mass is 9.71. The third kappa shape index (κ3) is 4.18. The molecule has 2 rings (SSSR count). The van der Waals surface area contributed by atoms with E-state index in [0.717, 1.165) is 25.7 Å². The molecule has 1 aromatic heterocycles. The van der Waals surface area contributed by atoms with Gasteiger partial charge in [0.2, 0.25) is 0 Å². The number of hydrogen-bond donors (Lipinski definition) is 2. The molecule has 0 radical (unpaired) electrons. The Morgan fingerprint density at radius 1 is 1.25 bits per heavy atom. The summed E-state index contributed by atoms with van der Waals surface area (Å²) in [6.07, 6.45) is 5.66. The highest BCUT2D eigenvalue weighted by atomic mass is 16.3. The fourth-order valence-corrected chi connectivity index (χ4v) is 2.73. The van der Waals surface area contributed by atoms with E-state index >= 15 is 0 Å². The first-order chi connectivity index (χ1) is 9.40. The maximum atomic E-state index is 11.5. The standard InChI is InChI=1S/C16H26N2O2/c1-15(2)6-8-16(20,9-7-15)13-17-10-12-18-11-4-3-5-14(18)19/h3-5,11,17,20H,6-10,12-13H2,1-2H3. The summed E-state index contributed by atoms with van der Waals surface area (Å²) < 4.78 is 1.68. The van der Waals surface area contributed by atoms with Gasteiger partial charge >= 0.3 is 0 Å². The van der Waals surface area contributed by atoms with Gasteiger partial charge in [-0.1, -0.05) is 19.9 Å². The highest BCUT2D eigenvalue weighted by Crippen LogP contribution is 2.39. The molecular formula is C16H26N2O2. The summed E-state index contributed by atoms with van der Waals surface area (Å²) in [6, 6.07) is 5.17. The Balaban J connectivity index is 1.74. The molecular weight excluding hydrogens is 252 g/mol. The summed E-state index contributed by atoms with van der Waals surface area (Å²) in [7, 11) is 0. The van der Waals surface area contributed by atoms with E-state index in [4.69, 9.17) is 0 Å². The molecule has 0 bridgehead atoms. The van der Waals surface area contributed by atoms with Gasteiger partial charge < -0.3 is 15.0 Å². The normalized spacial score (nSPS) is 20.8. The summed E-state index contributed by atoms with van der Waals surface area (Å²) in [4.78, 5) is 11.5. The van der Waals surface area contributed by atoms with Crippen molar-refractivity contribution in [2.75, 3.05) is 13.1 Å². The van der Waals surface area contributed by atoms with Crippen LogP contribution in [0.25, 0.3) is 0 Å². The first-order valence-electron chi connectivity index (χ1n) is 7.49.